The van der Waals surface area contributed by atoms with Gasteiger partial charge >= 0.3 is 0 Å². The molecule has 0 aromatic heterocycles. The second kappa shape index (κ2) is 5.72. The van der Waals surface area contributed by atoms with E-state index < -0.39 is 5.54 Å². The molecule has 108 valence electrons. The molecule has 1 aromatic carbocycles. The van der Waals surface area contributed by atoms with E-state index in [1.165, 1.54) is 0 Å². The molecule has 2 rings (SSSR count). The van der Waals surface area contributed by atoms with Gasteiger partial charge in [-0.05, 0) is 32.0 Å². The lowest BCUT2D eigenvalue weighted by Gasteiger charge is -2.40. The maximum atomic E-state index is 12.3. The van der Waals surface area contributed by atoms with Crippen LogP contribution in [0.15, 0.2) is 18.2 Å². The van der Waals surface area contributed by atoms with Crippen LogP contribution in [0, 0.1) is 0 Å². The SMILES string of the molecule is CC1(C)C(=O)NCCN1CC(=O)c1ccc(Cl)c(Cl)c1. The van der Waals surface area contributed by atoms with Crippen LogP contribution < -0.4 is 5.32 Å². The summed E-state index contributed by atoms with van der Waals surface area (Å²) in [7, 11) is 0. The van der Waals surface area contributed by atoms with Crippen molar-refractivity contribution in [2.45, 2.75) is 19.4 Å². The van der Waals surface area contributed by atoms with Crippen molar-refractivity contribution in [2.24, 2.45) is 0 Å². The number of carbonyl (C=O) groups excluding carboxylic acids is 2. The van der Waals surface area contributed by atoms with E-state index >= 15 is 0 Å². The zero-order chi connectivity index (χ0) is 14.9. The molecule has 1 amide bonds. The molecule has 0 bridgehead atoms. The largest absolute Gasteiger partial charge is 0.353 e. The minimum absolute atomic E-state index is 0.0642. The predicted octanol–water partition coefficient (Wildman–Crippen LogP) is 2.39. The maximum absolute atomic E-state index is 12.3. The summed E-state index contributed by atoms with van der Waals surface area (Å²) in [4.78, 5) is 26.0. The number of hydrogen-bond acceptors (Lipinski definition) is 3. The van der Waals surface area contributed by atoms with Crippen molar-refractivity contribution in [3.05, 3.63) is 33.8 Å². The van der Waals surface area contributed by atoms with Crippen molar-refractivity contribution >= 4 is 34.9 Å². The lowest BCUT2D eigenvalue weighted by atomic mass is 9.98. The fraction of sp³-hybridized carbons (Fsp3) is 0.429. The quantitative estimate of drug-likeness (QED) is 0.871. The topological polar surface area (TPSA) is 49.4 Å². The molecular formula is C14H16Cl2N2O2. The van der Waals surface area contributed by atoms with E-state index in [0.29, 0.717) is 28.7 Å². The Morgan fingerprint density at radius 1 is 1.35 bits per heavy atom. The Morgan fingerprint density at radius 3 is 2.70 bits per heavy atom. The minimum atomic E-state index is -0.690. The van der Waals surface area contributed by atoms with Crippen molar-refractivity contribution in [1.82, 2.24) is 10.2 Å². The average Bonchev–Trinajstić information content (AvgIpc) is 2.38. The number of piperazine rings is 1. The van der Waals surface area contributed by atoms with Gasteiger partial charge in [-0.2, -0.15) is 0 Å². The smallest absolute Gasteiger partial charge is 0.240 e. The fourth-order valence-electron chi connectivity index (χ4n) is 2.15. The highest BCUT2D eigenvalue weighted by atomic mass is 35.5. The van der Waals surface area contributed by atoms with Gasteiger partial charge in [0.1, 0.15) is 0 Å². The van der Waals surface area contributed by atoms with E-state index in [4.69, 9.17) is 23.2 Å². The molecule has 0 saturated carbocycles. The number of Topliss-reactive ketones (excluding diaryl/α,β-unsaturated/α-hetero) is 1. The lowest BCUT2D eigenvalue weighted by Crippen LogP contribution is -2.62. The summed E-state index contributed by atoms with van der Waals surface area (Å²) < 4.78 is 0. The van der Waals surface area contributed by atoms with Crippen molar-refractivity contribution in [1.29, 1.82) is 0 Å². The van der Waals surface area contributed by atoms with E-state index in [0.717, 1.165) is 0 Å². The number of rotatable bonds is 3. The monoisotopic (exact) mass is 314 g/mol. The normalized spacial score (nSPS) is 18.7. The molecule has 1 fully saturated rings. The number of hydrogen-bond donors (Lipinski definition) is 1. The molecule has 6 heteroatoms. The summed E-state index contributed by atoms with van der Waals surface area (Å²) in [6, 6.07) is 4.81. The lowest BCUT2D eigenvalue weighted by molar-refractivity contribution is -0.134. The van der Waals surface area contributed by atoms with Crippen LogP contribution in [-0.2, 0) is 4.79 Å². The Morgan fingerprint density at radius 2 is 2.05 bits per heavy atom. The van der Waals surface area contributed by atoms with Gasteiger partial charge in [0.15, 0.2) is 5.78 Å². The summed E-state index contributed by atoms with van der Waals surface area (Å²) in [5.41, 5.74) is -0.189. The standard InChI is InChI=1S/C14H16Cl2N2O2/c1-14(2)13(20)17-5-6-18(14)8-12(19)9-3-4-10(15)11(16)7-9/h3-4,7H,5-6,8H2,1-2H3,(H,17,20). The highest BCUT2D eigenvalue weighted by Crippen LogP contribution is 2.24. The van der Waals surface area contributed by atoms with Gasteiger partial charge in [-0.3, -0.25) is 14.5 Å². The third-order valence-corrected chi connectivity index (χ3v) is 4.33. The molecule has 0 radical (unpaired) electrons. The van der Waals surface area contributed by atoms with Crippen LogP contribution in [0.3, 0.4) is 0 Å². The van der Waals surface area contributed by atoms with Crippen LogP contribution in [0.25, 0.3) is 0 Å². The van der Waals surface area contributed by atoms with Gasteiger partial charge in [-0.25, -0.2) is 0 Å². The third-order valence-electron chi connectivity index (χ3n) is 3.59. The molecule has 0 spiro atoms. The molecule has 1 aliphatic rings. The zero-order valence-electron chi connectivity index (χ0n) is 11.4. The number of halogens is 2. The summed E-state index contributed by atoms with van der Waals surface area (Å²) in [5, 5.41) is 3.57. The molecule has 0 aliphatic carbocycles. The highest BCUT2D eigenvalue weighted by Gasteiger charge is 2.38. The summed E-state index contributed by atoms with van der Waals surface area (Å²) >= 11 is 11.8. The van der Waals surface area contributed by atoms with Crippen LogP contribution in [0.4, 0.5) is 0 Å². The molecule has 4 nitrogen and oxygen atoms in total. The second-order valence-corrected chi connectivity index (χ2v) is 6.10. The van der Waals surface area contributed by atoms with Crippen LogP contribution in [0.5, 0.6) is 0 Å². The van der Waals surface area contributed by atoms with Crippen LogP contribution in [-0.4, -0.2) is 41.8 Å². The van der Waals surface area contributed by atoms with Gasteiger partial charge in [-0.1, -0.05) is 23.2 Å². The number of carbonyl (C=O) groups is 2. The van der Waals surface area contributed by atoms with Crippen molar-refractivity contribution in [3.8, 4) is 0 Å². The Balaban J connectivity index is 2.14. The second-order valence-electron chi connectivity index (χ2n) is 5.29. The van der Waals surface area contributed by atoms with Crippen LogP contribution in [0.2, 0.25) is 10.0 Å². The van der Waals surface area contributed by atoms with Gasteiger partial charge in [0.25, 0.3) is 0 Å². The molecule has 0 unspecified atom stereocenters. The van der Waals surface area contributed by atoms with E-state index in [1.54, 1.807) is 18.2 Å². The van der Waals surface area contributed by atoms with Crippen LogP contribution >= 0.6 is 23.2 Å². The molecule has 1 saturated heterocycles. The molecule has 20 heavy (non-hydrogen) atoms. The van der Waals surface area contributed by atoms with Gasteiger partial charge in [-0.15, -0.1) is 0 Å². The molecule has 1 N–H and O–H groups in total. The molecule has 0 atom stereocenters. The highest BCUT2D eigenvalue weighted by molar-refractivity contribution is 6.42. The van der Waals surface area contributed by atoms with E-state index in [-0.39, 0.29) is 18.2 Å². The third kappa shape index (κ3) is 2.97. The van der Waals surface area contributed by atoms with E-state index in [1.807, 2.05) is 18.7 Å². The molecular weight excluding hydrogens is 299 g/mol. The Labute approximate surface area is 128 Å². The van der Waals surface area contributed by atoms with Gasteiger partial charge in [0.05, 0.1) is 22.1 Å². The number of nitrogens with zero attached hydrogens (tertiary/aromatic N) is 1. The Hall–Kier alpha value is -1.10. The van der Waals surface area contributed by atoms with E-state index in [9.17, 15) is 9.59 Å². The maximum Gasteiger partial charge on any atom is 0.240 e. The average molecular weight is 315 g/mol. The molecule has 1 aromatic rings. The number of ketones is 1. The van der Waals surface area contributed by atoms with Gasteiger partial charge in [0.2, 0.25) is 5.91 Å². The van der Waals surface area contributed by atoms with Gasteiger partial charge < -0.3 is 5.32 Å². The first kappa shape index (κ1) is 15.3. The zero-order valence-corrected chi connectivity index (χ0v) is 12.9. The molecule has 1 aliphatic heterocycles. The van der Waals surface area contributed by atoms with Gasteiger partial charge in [0, 0.05) is 18.7 Å². The number of nitrogens with one attached hydrogen (secondary N) is 1. The van der Waals surface area contributed by atoms with Crippen LogP contribution in [0.1, 0.15) is 24.2 Å². The number of amides is 1. The number of benzene rings is 1. The summed E-state index contributed by atoms with van der Waals surface area (Å²) in [6.07, 6.45) is 0. The van der Waals surface area contributed by atoms with E-state index in [2.05, 4.69) is 5.32 Å². The first-order chi connectivity index (χ1) is 9.32. The summed E-state index contributed by atoms with van der Waals surface area (Å²) in [5.74, 6) is -0.142. The van der Waals surface area contributed by atoms with Crippen molar-refractivity contribution < 1.29 is 9.59 Å². The summed E-state index contributed by atoms with van der Waals surface area (Å²) in [6.45, 7) is 4.99. The fourth-order valence-corrected chi connectivity index (χ4v) is 2.45. The van der Waals surface area contributed by atoms with Crippen molar-refractivity contribution in [3.63, 3.8) is 0 Å². The Bertz CT molecular complexity index is 558. The first-order valence-corrected chi connectivity index (χ1v) is 7.09. The molecule has 1 heterocycles. The van der Waals surface area contributed by atoms with Crippen molar-refractivity contribution in [2.75, 3.05) is 19.6 Å². The first-order valence-electron chi connectivity index (χ1n) is 6.34. The predicted molar refractivity (Wildman–Crippen MR) is 79.5 cm³/mol. The minimum Gasteiger partial charge on any atom is -0.353 e. The Kier molecular flexibility index (Phi) is 4.37.